The summed E-state index contributed by atoms with van der Waals surface area (Å²) in [6.07, 6.45) is 2.66. The lowest BCUT2D eigenvalue weighted by Crippen LogP contribution is -2.33. The van der Waals surface area contributed by atoms with Crippen molar-refractivity contribution in [3.63, 3.8) is 0 Å². The normalized spacial score (nSPS) is 14.2. The van der Waals surface area contributed by atoms with E-state index in [1.807, 2.05) is 42.1 Å². The minimum atomic E-state index is -0.243. The minimum Gasteiger partial charge on any atom is -0.326 e. The monoisotopic (exact) mass is 283 g/mol. The van der Waals surface area contributed by atoms with Gasteiger partial charge in [0.25, 0.3) is 0 Å². The first kappa shape index (κ1) is 13.8. The third-order valence-corrected chi connectivity index (χ3v) is 3.86. The van der Waals surface area contributed by atoms with Gasteiger partial charge in [0.2, 0.25) is 0 Å². The molecule has 0 spiro atoms. The Hall–Kier alpha value is -2.20. The van der Waals surface area contributed by atoms with E-state index in [-0.39, 0.29) is 17.9 Å². The maximum Gasteiger partial charge on any atom is 0.123 e. The fourth-order valence-corrected chi connectivity index (χ4v) is 2.67. The summed E-state index contributed by atoms with van der Waals surface area (Å²) in [5.41, 5.74) is 8.32. The Morgan fingerprint density at radius 3 is 2.57 bits per heavy atom. The van der Waals surface area contributed by atoms with E-state index < -0.39 is 0 Å². The summed E-state index contributed by atoms with van der Waals surface area (Å²) in [4.78, 5) is 0. The molecule has 1 heterocycles. The smallest absolute Gasteiger partial charge is 0.123 e. The van der Waals surface area contributed by atoms with E-state index in [9.17, 15) is 4.39 Å². The molecule has 0 bridgehead atoms. The highest BCUT2D eigenvalue weighted by molar-refractivity contribution is 5.78. The molecule has 0 aliphatic rings. The minimum absolute atomic E-state index is 0.0845. The summed E-state index contributed by atoms with van der Waals surface area (Å²) in [6, 6.07) is 14.3. The fraction of sp³-hybridized carbons (Fsp3) is 0.235. The summed E-state index contributed by atoms with van der Waals surface area (Å²) >= 11 is 0. The van der Waals surface area contributed by atoms with Gasteiger partial charge in [-0.25, -0.2) is 4.39 Å². The van der Waals surface area contributed by atoms with Gasteiger partial charge in [-0.3, -0.25) is 4.68 Å². The Labute approximate surface area is 123 Å². The quantitative estimate of drug-likeness (QED) is 0.796. The number of para-hydroxylation sites is 1. The standard InChI is InChI=1S/C17H18FN3/c1-2-15(19)17(12-7-9-14(18)10-8-12)21-16-6-4-3-5-13(16)11-20-21/h3-11,15,17H,2,19H2,1H3. The largest absolute Gasteiger partial charge is 0.326 e. The predicted molar refractivity (Wildman–Crippen MR) is 82.5 cm³/mol. The van der Waals surface area contributed by atoms with Crippen molar-refractivity contribution in [1.29, 1.82) is 0 Å². The second-order valence-corrected chi connectivity index (χ2v) is 5.22. The second-order valence-electron chi connectivity index (χ2n) is 5.22. The van der Waals surface area contributed by atoms with Crippen LogP contribution in [0.5, 0.6) is 0 Å². The van der Waals surface area contributed by atoms with Crippen molar-refractivity contribution in [3.05, 3.63) is 66.1 Å². The number of hydrogen-bond donors (Lipinski definition) is 1. The first-order chi connectivity index (χ1) is 10.2. The molecular weight excluding hydrogens is 265 g/mol. The van der Waals surface area contributed by atoms with Crippen molar-refractivity contribution in [2.24, 2.45) is 5.73 Å². The molecule has 0 radical (unpaired) electrons. The van der Waals surface area contributed by atoms with Crippen LogP contribution in [0.25, 0.3) is 10.9 Å². The zero-order chi connectivity index (χ0) is 14.8. The number of nitrogens with two attached hydrogens (primary N) is 1. The van der Waals surface area contributed by atoms with Gasteiger partial charge in [-0.15, -0.1) is 0 Å². The molecule has 3 aromatic rings. The molecule has 4 heteroatoms. The highest BCUT2D eigenvalue weighted by atomic mass is 19.1. The third-order valence-electron chi connectivity index (χ3n) is 3.86. The van der Waals surface area contributed by atoms with E-state index in [0.717, 1.165) is 22.9 Å². The van der Waals surface area contributed by atoms with Crippen LogP contribution >= 0.6 is 0 Å². The predicted octanol–water partition coefficient (Wildman–Crippen LogP) is 3.50. The second kappa shape index (κ2) is 5.66. The van der Waals surface area contributed by atoms with E-state index in [0.29, 0.717) is 0 Å². The average molecular weight is 283 g/mol. The summed E-state index contributed by atoms with van der Waals surface area (Å²) < 4.78 is 15.1. The van der Waals surface area contributed by atoms with Crippen molar-refractivity contribution >= 4 is 10.9 Å². The molecule has 1 aromatic heterocycles. The fourth-order valence-electron chi connectivity index (χ4n) is 2.67. The van der Waals surface area contributed by atoms with Gasteiger partial charge in [0, 0.05) is 11.4 Å². The van der Waals surface area contributed by atoms with Crippen LogP contribution < -0.4 is 5.73 Å². The summed E-state index contributed by atoms with van der Waals surface area (Å²) in [5.74, 6) is -0.243. The molecule has 2 unspecified atom stereocenters. The zero-order valence-electron chi connectivity index (χ0n) is 11.9. The lowest BCUT2D eigenvalue weighted by molar-refractivity contribution is 0.434. The van der Waals surface area contributed by atoms with Crippen molar-refractivity contribution in [2.75, 3.05) is 0 Å². The van der Waals surface area contributed by atoms with Gasteiger partial charge in [0.1, 0.15) is 5.82 Å². The van der Waals surface area contributed by atoms with Gasteiger partial charge in [-0.2, -0.15) is 5.10 Å². The topological polar surface area (TPSA) is 43.8 Å². The van der Waals surface area contributed by atoms with Crippen molar-refractivity contribution in [1.82, 2.24) is 9.78 Å². The summed E-state index contributed by atoms with van der Waals surface area (Å²) in [7, 11) is 0. The first-order valence-corrected chi connectivity index (χ1v) is 7.14. The molecule has 2 aromatic carbocycles. The van der Waals surface area contributed by atoms with Crippen LogP contribution in [0, 0.1) is 5.82 Å². The number of benzene rings is 2. The molecule has 108 valence electrons. The molecule has 2 atom stereocenters. The van der Waals surface area contributed by atoms with Gasteiger partial charge in [-0.05, 0) is 30.2 Å². The summed E-state index contributed by atoms with van der Waals surface area (Å²) in [5, 5.41) is 5.58. The third kappa shape index (κ3) is 2.54. The maximum atomic E-state index is 13.2. The van der Waals surface area contributed by atoms with Gasteiger partial charge in [-0.1, -0.05) is 37.3 Å². The zero-order valence-corrected chi connectivity index (χ0v) is 11.9. The number of rotatable bonds is 4. The van der Waals surface area contributed by atoms with Crippen LogP contribution in [-0.2, 0) is 0 Å². The van der Waals surface area contributed by atoms with Crippen molar-refractivity contribution < 1.29 is 4.39 Å². The number of fused-ring (bicyclic) bond motifs is 1. The number of halogens is 1. The number of hydrogen-bond acceptors (Lipinski definition) is 2. The van der Waals surface area contributed by atoms with Crippen LogP contribution in [0.2, 0.25) is 0 Å². The molecule has 2 N–H and O–H groups in total. The van der Waals surface area contributed by atoms with Gasteiger partial charge < -0.3 is 5.73 Å². The highest BCUT2D eigenvalue weighted by Gasteiger charge is 2.22. The van der Waals surface area contributed by atoms with Gasteiger partial charge >= 0.3 is 0 Å². The molecule has 0 saturated heterocycles. The molecular formula is C17H18FN3. The molecule has 0 saturated carbocycles. The Kier molecular flexibility index (Phi) is 3.71. The lowest BCUT2D eigenvalue weighted by atomic mass is 9.98. The Balaban J connectivity index is 2.13. The van der Waals surface area contributed by atoms with E-state index in [1.54, 1.807) is 12.1 Å². The first-order valence-electron chi connectivity index (χ1n) is 7.14. The van der Waals surface area contributed by atoms with E-state index >= 15 is 0 Å². The molecule has 3 nitrogen and oxygen atoms in total. The van der Waals surface area contributed by atoms with Crippen LogP contribution in [0.15, 0.2) is 54.7 Å². The van der Waals surface area contributed by atoms with E-state index in [1.165, 1.54) is 12.1 Å². The van der Waals surface area contributed by atoms with Crippen LogP contribution in [0.3, 0.4) is 0 Å². The van der Waals surface area contributed by atoms with Gasteiger partial charge in [0.05, 0.1) is 17.8 Å². The molecule has 0 aliphatic heterocycles. The molecule has 0 fully saturated rings. The number of nitrogens with zero attached hydrogens (tertiary/aromatic N) is 2. The maximum absolute atomic E-state index is 13.2. The molecule has 21 heavy (non-hydrogen) atoms. The van der Waals surface area contributed by atoms with E-state index in [4.69, 9.17) is 5.73 Å². The molecule has 3 rings (SSSR count). The average Bonchev–Trinajstić information content (AvgIpc) is 2.93. The van der Waals surface area contributed by atoms with Crippen molar-refractivity contribution in [3.8, 4) is 0 Å². The number of aromatic nitrogens is 2. The van der Waals surface area contributed by atoms with Crippen LogP contribution in [-0.4, -0.2) is 15.8 Å². The van der Waals surface area contributed by atoms with Crippen LogP contribution in [0.1, 0.15) is 24.9 Å². The highest BCUT2D eigenvalue weighted by Crippen LogP contribution is 2.26. The Bertz CT molecular complexity index is 733. The van der Waals surface area contributed by atoms with Crippen LogP contribution in [0.4, 0.5) is 4.39 Å². The Morgan fingerprint density at radius 1 is 1.14 bits per heavy atom. The van der Waals surface area contributed by atoms with Crippen molar-refractivity contribution in [2.45, 2.75) is 25.4 Å². The van der Waals surface area contributed by atoms with E-state index in [2.05, 4.69) is 5.10 Å². The lowest BCUT2D eigenvalue weighted by Gasteiger charge is -2.24. The SMILES string of the molecule is CCC(N)C(c1ccc(F)cc1)n1ncc2ccccc21. The van der Waals surface area contributed by atoms with Gasteiger partial charge in [0.15, 0.2) is 0 Å². The Morgan fingerprint density at radius 2 is 1.86 bits per heavy atom. The molecule has 0 amide bonds. The summed E-state index contributed by atoms with van der Waals surface area (Å²) in [6.45, 7) is 2.05. The molecule has 0 aliphatic carbocycles.